The van der Waals surface area contributed by atoms with Crippen LogP contribution in [0.25, 0.3) is 0 Å². The second-order valence-electron chi connectivity index (χ2n) is 6.32. The van der Waals surface area contributed by atoms with Crippen molar-refractivity contribution in [3.63, 3.8) is 0 Å². The zero-order valence-electron chi connectivity index (χ0n) is 13.5. The highest BCUT2D eigenvalue weighted by Crippen LogP contribution is 2.34. The van der Waals surface area contributed by atoms with Gasteiger partial charge in [0.2, 0.25) is 0 Å². The van der Waals surface area contributed by atoms with Gasteiger partial charge in [-0.15, -0.1) is 0 Å². The maximum absolute atomic E-state index is 6.14. The van der Waals surface area contributed by atoms with Crippen molar-refractivity contribution in [2.24, 2.45) is 5.92 Å². The minimum absolute atomic E-state index is 0.147. The maximum Gasteiger partial charge on any atom is 0.163 e. The van der Waals surface area contributed by atoms with Crippen molar-refractivity contribution in [1.29, 1.82) is 0 Å². The molecule has 3 rings (SSSR count). The summed E-state index contributed by atoms with van der Waals surface area (Å²) in [6, 6.07) is 6.25. The normalized spacial score (nSPS) is 25.7. The van der Waals surface area contributed by atoms with Crippen LogP contribution in [-0.4, -0.2) is 39.5 Å². The molecule has 122 valence electrons. The summed E-state index contributed by atoms with van der Waals surface area (Å²) in [5, 5.41) is 3.48. The number of piperidine rings is 1. The predicted octanol–water partition coefficient (Wildman–Crippen LogP) is 2.80. The van der Waals surface area contributed by atoms with Gasteiger partial charge in [-0.3, -0.25) is 0 Å². The predicted molar refractivity (Wildman–Crippen MR) is 86.8 cm³/mol. The molecule has 2 saturated heterocycles. The van der Waals surface area contributed by atoms with E-state index in [0.717, 1.165) is 50.5 Å². The second-order valence-corrected chi connectivity index (χ2v) is 6.32. The van der Waals surface area contributed by atoms with E-state index >= 15 is 0 Å². The van der Waals surface area contributed by atoms with Gasteiger partial charge in [-0.1, -0.05) is 12.1 Å². The zero-order valence-corrected chi connectivity index (χ0v) is 13.5. The van der Waals surface area contributed by atoms with Gasteiger partial charge in [0, 0.05) is 6.61 Å². The first-order valence-corrected chi connectivity index (χ1v) is 8.48. The largest absolute Gasteiger partial charge is 0.493 e. The molecule has 0 saturated carbocycles. The average Bonchev–Trinajstić information content (AvgIpc) is 2.57. The third kappa shape index (κ3) is 3.93. The fraction of sp³-hybridized carbons (Fsp3) is 0.667. The van der Waals surface area contributed by atoms with Gasteiger partial charge in [-0.2, -0.15) is 0 Å². The molecule has 1 aromatic carbocycles. The summed E-state index contributed by atoms with van der Waals surface area (Å²) >= 11 is 0. The van der Waals surface area contributed by atoms with E-state index in [4.69, 9.17) is 14.2 Å². The third-order valence-electron chi connectivity index (χ3n) is 4.58. The van der Waals surface area contributed by atoms with Crippen LogP contribution < -0.4 is 14.8 Å². The Labute approximate surface area is 133 Å². The van der Waals surface area contributed by atoms with Crippen molar-refractivity contribution in [2.45, 2.75) is 38.2 Å². The summed E-state index contributed by atoms with van der Waals surface area (Å²) in [6.07, 6.45) is 5.88. The van der Waals surface area contributed by atoms with Gasteiger partial charge < -0.3 is 19.5 Å². The Morgan fingerprint density at radius 3 is 2.95 bits per heavy atom. The van der Waals surface area contributed by atoms with E-state index in [2.05, 4.69) is 17.4 Å². The molecule has 4 heteroatoms. The van der Waals surface area contributed by atoms with Gasteiger partial charge in [0.15, 0.2) is 11.5 Å². The van der Waals surface area contributed by atoms with E-state index in [1.807, 2.05) is 6.07 Å². The highest BCUT2D eigenvalue weighted by molar-refractivity contribution is 5.47. The van der Waals surface area contributed by atoms with Crippen molar-refractivity contribution < 1.29 is 14.2 Å². The van der Waals surface area contributed by atoms with Crippen LogP contribution in [0.2, 0.25) is 0 Å². The molecule has 2 unspecified atom stereocenters. The Morgan fingerprint density at radius 2 is 2.23 bits per heavy atom. The summed E-state index contributed by atoms with van der Waals surface area (Å²) < 4.78 is 17.3. The summed E-state index contributed by atoms with van der Waals surface area (Å²) in [6.45, 7) is 3.79. The Morgan fingerprint density at radius 1 is 1.27 bits per heavy atom. The minimum atomic E-state index is 0.147. The van der Waals surface area contributed by atoms with E-state index in [9.17, 15) is 0 Å². The molecule has 0 bridgehead atoms. The van der Waals surface area contributed by atoms with Gasteiger partial charge in [0.25, 0.3) is 0 Å². The number of methoxy groups -OCH3 is 1. The minimum Gasteiger partial charge on any atom is -0.493 e. The van der Waals surface area contributed by atoms with Crippen molar-refractivity contribution >= 4 is 0 Å². The van der Waals surface area contributed by atoms with E-state index in [0.29, 0.717) is 12.5 Å². The molecule has 2 atom stereocenters. The van der Waals surface area contributed by atoms with Crippen LogP contribution in [0.1, 0.15) is 31.2 Å². The molecule has 2 aliphatic rings. The van der Waals surface area contributed by atoms with E-state index in [1.165, 1.54) is 18.4 Å². The standard InChI is InChI=1S/C18H27NO3/c1-20-18-15(11-14-5-3-9-19-12-14)6-2-8-17(18)22-16-7-4-10-21-13-16/h2,6,8,14,16,19H,3-5,7,9-13H2,1H3. The summed E-state index contributed by atoms with van der Waals surface area (Å²) in [5.41, 5.74) is 1.26. The molecule has 22 heavy (non-hydrogen) atoms. The third-order valence-corrected chi connectivity index (χ3v) is 4.58. The number of hydrogen-bond donors (Lipinski definition) is 1. The number of benzene rings is 1. The average molecular weight is 305 g/mol. The Balaban J connectivity index is 1.71. The quantitative estimate of drug-likeness (QED) is 0.908. The molecular weight excluding hydrogens is 278 g/mol. The first-order valence-electron chi connectivity index (χ1n) is 8.48. The van der Waals surface area contributed by atoms with Gasteiger partial charge in [-0.05, 0) is 62.7 Å². The lowest BCUT2D eigenvalue weighted by Gasteiger charge is -2.26. The molecule has 4 nitrogen and oxygen atoms in total. The molecule has 1 N–H and O–H groups in total. The number of rotatable bonds is 5. The number of nitrogens with one attached hydrogen (secondary N) is 1. The highest BCUT2D eigenvalue weighted by Gasteiger charge is 2.21. The number of ether oxygens (including phenoxy) is 3. The van der Waals surface area contributed by atoms with Crippen molar-refractivity contribution in [3.8, 4) is 11.5 Å². The maximum atomic E-state index is 6.14. The number of hydrogen-bond acceptors (Lipinski definition) is 4. The highest BCUT2D eigenvalue weighted by atomic mass is 16.5. The molecule has 0 amide bonds. The monoisotopic (exact) mass is 305 g/mol. The summed E-state index contributed by atoms with van der Waals surface area (Å²) in [4.78, 5) is 0. The van der Waals surface area contributed by atoms with Crippen LogP contribution >= 0.6 is 0 Å². The lowest BCUT2D eigenvalue weighted by atomic mass is 9.92. The second kappa shape index (κ2) is 7.84. The molecule has 1 aromatic rings. The fourth-order valence-corrected chi connectivity index (χ4v) is 3.44. The molecular formula is C18H27NO3. The Kier molecular flexibility index (Phi) is 5.57. The van der Waals surface area contributed by atoms with Crippen LogP contribution in [0, 0.1) is 5.92 Å². The van der Waals surface area contributed by atoms with Crippen LogP contribution in [0.4, 0.5) is 0 Å². The topological polar surface area (TPSA) is 39.7 Å². The van der Waals surface area contributed by atoms with Gasteiger partial charge >= 0.3 is 0 Å². The molecule has 0 spiro atoms. The Bertz CT molecular complexity index is 427. The summed E-state index contributed by atoms with van der Waals surface area (Å²) in [7, 11) is 1.74. The Hall–Kier alpha value is -1.26. The fourth-order valence-electron chi connectivity index (χ4n) is 3.44. The van der Waals surface area contributed by atoms with Crippen molar-refractivity contribution in [1.82, 2.24) is 5.32 Å². The summed E-state index contributed by atoms with van der Waals surface area (Å²) in [5.74, 6) is 2.45. The van der Waals surface area contributed by atoms with E-state index < -0.39 is 0 Å². The molecule has 0 aliphatic carbocycles. The van der Waals surface area contributed by atoms with Crippen molar-refractivity contribution in [3.05, 3.63) is 23.8 Å². The van der Waals surface area contributed by atoms with E-state index in [-0.39, 0.29) is 6.10 Å². The molecule has 2 fully saturated rings. The lowest BCUT2D eigenvalue weighted by molar-refractivity contribution is 0.00638. The zero-order chi connectivity index (χ0) is 15.2. The van der Waals surface area contributed by atoms with Gasteiger partial charge in [0.1, 0.15) is 6.10 Å². The first-order chi connectivity index (χ1) is 10.9. The van der Waals surface area contributed by atoms with Crippen molar-refractivity contribution in [2.75, 3.05) is 33.4 Å². The lowest BCUT2D eigenvalue weighted by Crippen LogP contribution is -2.31. The smallest absolute Gasteiger partial charge is 0.163 e. The molecule has 0 aromatic heterocycles. The van der Waals surface area contributed by atoms with Gasteiger partial charge in [0.05, 0.1) is 13.7 Å². The molecule has 0 radical (unpaired) electrons. The van der Waals surface area contributed by atoms with Crippen LogP contribution in [-0.2, 0) is 11.2 Å². The molecule has 2 aliphatic heterocycles. The van der Waals surface area contributed by atoms with Crippen LogP contribution in [0.5, 0.6) is 11.5 Å². The van der Waals surface area contributed by atoms with Crippen LogP contribution in [0.15, 0.2) is 18.2 Å². The number of para-hydroxylation sites is 1. The first kappa shape index (κ1) is 15.6. The van der Waals surface area contributed by atoms with Gasteiger partial charge in [-0.25, -0.2) is 0 Å². The van der Waals surface area contributed by atoms with E-state index in [1.54, 1.807) is 7.11 Å². The SMILES string of the molecule is COc1c(CC2CCCNC2)cccc1OC1CCCOC1. The molecule has 2 heterocycles. The van der Waals surface area contributed by atoms with Crippen LogP contribution in [0.3, 0.4) is 0 Å².